The minimum absolute atomic E-state index is 0.456. The van der Waals surface area contributed by atoms with Gasteiger partial charge in [0.1, 0.15) is 5.82 Å². The van der Waals surface area contributed by atoms with Gasteiger partial charge in [0.15, 0.2) is 5.82 Å². The molecule has 62 valence electrons. The second-order valence-electron chi connectivity index (χ2n) is 2.55. The summed E-state index contributed by atoms with van der Waals surface area (Å²) in [4.78, 5) is 3.98. The van der Waals surface area contributed by atoms with Crippen LogP contribution in [0, 0.1) is 6.92 Å². The van der Waals surface area contributed by atoms with Crippen LogP contribution in [-0.2, 0) is 0 Å². The van der Waals surface area contributed by atoms with Crippen LogP contribution in [0.2, 0.25) is 0 Å². The molecule has 11 heavy (non-hydrogen) atoms. The highest BCUT2D eigenvalue weighted by atomic mass is 16.3. The van der Waals surface area contributed by atoms with Crippen LogP contribution in [0.1, 0.15) is 24.6 Å². The third-order valence-corrected chi connectivity index (χ3v) is 1.43. The molecule has 5 heteroatoms. The van der Waals surface area contributed by atoms with E-state index >= 15 is 0 Å². The third-order valence-electron chi connectivity index (χ3n) is 1.43. The van der Waals surface area contributed by atoms with E-state index in [2.05, 4.69) is 15.2 Å². The number of nitrogens with zero attached hydrogens (tertiary/aromatic N) is 2. The van der Waals surface area contributed by atoms with Crippen LogP contribution in [0.25, 0.3) is 0 Å². The van der Waals surface area contributed by atoms with Crippen molar-refractivity contribution in [2.75, 3.05) is 0 Å². The van der Waals surface area contributed by atoms with E-state index in [4.69, 9.17) is 10.8 Å². The summed E-state index contributed by atoms with van der Waals surface area (Å²) in [5.74, 6) is 1.16. The summed E-state index contributed by atoms with van der Waals surface area (Å²) in [6, 6.07) is -0.500. The lowest BCUT2D eigenvalue weighted by molar-refractivity contribution is 0.160. The summed E-state index contributed by atoms with van der Waals surface area (Å²) < 4.78 is 0. The van der Waals surface area contributed by atoms with E-state index < -0.39 is 12.1 Å². The summed E-state index contributed by atoms with van der Waals surface area (Å²) in [7, 11) is 0. The van der Waals surface area contributed by atoms with Crippen LogP contribution < -0.4 is 5.73 Å². The molecule has 0 bridgehead atoms. The second kappa shape index (κ2) is 2.98. The molecule has 0 saturated heterocycles. The van der Waals surface area contributed by atoms with Gasteiger partial charge >= 0.3 is 0 Å². The van der Waals surface area contributed by atoms with E-state index in [0.29, 0.717) is 11.6 Å². The first kappa shape index (κ1) is 8.16. The molecule has 1 aromatic heterocycles. The lowest BCUT2D eigenvalue weighted by Crippen LogP contribution is -2.24. The predicted octanol–water partition coefficient (Wildman–Crippen LogP) is -0.506. The van der Waals surface area contributed by atoms with Gasteiger partial charge in [0.2, 0.25) is 0 Å². The molecule has 0 amide bonds. The molecule has 0 radical (unpaired) electrons. The Morgan fingerprint density at radius 2 is 2.27 bits per heavy atom. The van der Waals surface area contributed by atoms with Crippen LogP contribution in [-0.4, -0.2) is 26.4 Å². The Kier molecular flexibility index (Phi) is 2.21. The largest absolute Gasteiger partial charge is 0.391 e. The number of aryl methyl sites for hydroxylation is 1. The first-order valence-corrected chi connectivity index (χ1v) is 3.44. The highest BCUT2D eigenvalue weighted by Gasteiger charge is 2.15. The maximum Gasteiger partial charge on any atom is 0.169 e. The van der Waals surface area contributed by atoms with E-state index in [1.165, 1.54) is 0 Å². The molecular weight excluding hydrogens is 144 g/mol. The molecule has 2 atom stereocenters. The molecule has 1 aromatic rings. The third kappa shape index (κ3) is 1.75. The lowest BCUT2D eigenvalue weighted by Gasteiger charge is -2.09. The van der Waals surface area contributed by atoms with Crippen LogP contribution in [0.5, 0.6) is 0 Å². The topological polar surface area (TPSA) is 87.8 Å². The van der Waals surface area contributed by atoms with Gasteiger partial charge in [-0.15, -0.1) is 0 Å². The number of hydrogen-bond acceptors (Lipinski definition) is 4. The number of aromatic amines is 1. The monoisotopic (exact) mass is 156 g/mol. The van der Waals surface area contributed by atoms with Gasteiger partial charge in [-0.1, -0.05) is 0 Å². The summed E-state index contributed by atoms with van der Waals surface area (Å²) in [6.45, 7) is 3.39. The van der Waals surface area contributed by atoms with Gasteiger partial charge < -0.3 is 10.8 Å². The molecule has 0 aliphatic heterocycles. The van der Waals surface area contributed by atoms with Crippen molar-refractivity contribution >= 4 is 0 Å². The Morgan fingerprint density at radius 1 is 1.64 bits per heavy atom. The first-order chi connectivity index (χ1) is 5.11. The average molecular weight is 156 g/mol. The Balaban J connectivity index is 2.76. The van der Waals surface area contributed by atoms with E-state index in [1.54, 1.807) is 13.8 Å². The lowest BCUT2D eigenvalue weighted by atomic mass is 10.2. The summed E-state index contributed by atoms with van der Waals surface area (Å²) in [5.41, 5.74) is 5.56. The first-order valence-electron chi connectivity index (χ1n) is 3.44. The van der Waals surface area contributed by atoms with E-state index in [9.17, 15) is 0 Å². The normalized spacial score (nSPS) is 16.4. The Morgan fingerprint density at radius 3 is 2.64 bits per heavy atom. The maximum atomic E-state index is 9.06. The Bertz CT molecular complexity index is 232. The zero-order valence-electron chi connectivity index (χ0n) is 6.57. The number of aliphatic hydroxyl groups is 1. The number of nitrogens with one attached hydrogen (secondary N) is 1. The van der Waals surface area contributed by atoms with Gasteiger partial charge in [0.05, 0.1) is 12.1 Å². The van der Waals surface area contributed by atoms with Crippen LogP contribution in [0.4, 0.5) is 0 Å². The summed E-state index contributed by atoms with van der Waals surface area (Å²) in [5, 5.41) is 15.5. The molecule has 0 spiro atoms. The van der Waals surface area contributed by atoms with Gasteiger partial charge in [-0.25, -0.2) is 4.98 Å². The van der Waals surface area contributed by atoms with E-state index in [-0.39, 0.29) is 0 Å². The maximum absolute atomic E-state index is 9.06. The minimum atomic E-state index is -0.620. The molecule has 0 saturated carbocycles. The molecule has 5 nitrogen and oxygen atoms in total. The van der Waals surface area contributed by atoms with Gasteiger partial charge in [-0.2, -0.15) is 5.10 Å². The number of hydrogen-bond donors (Lipinski definition) is 3. The number of aliphatic hydroxyl groups excluding tert-OH is 1. The number of nitrogens with two attached hydrogens (primary N) is 1. The van der Waals surface area contributed by atoms with Crippen molar-refractivity contribution in [2.24, 2.45) is 5.73 Å². The van der Waals surface area contributed by atoms with Crippen molar-refractivity contribution in [3.63, 3.8) is 0 Å². The number of H-pyrrole nitrogens is 1. The van der Waals surface area contributed by atoms with Gasteiger partial charge in [-0.05, 0) is 13.8 Å². The summed E-state index contributed by atoms with van der Waals surface area (Å²) >= 11 is 0. The molecule has 0 fully saturated rings. The SMILES string of the molecule is Cc1nc([C@@H](N)[C@@H](C)O)n[nH]1. The van der Waals surface area contributed by atoms with Crippen molar-refractivity contribution < 1.29 is 5.11 Å². The van der Waals surface area contributed by atoms with E-state index in [1.807, 2.05) is 0 Å². The van der Waals surface area contributed by atoms with Crippen molar-refractivity contribution in [1.82, 2.24) is 15.2 Å². The fourth-order valence-electron chi connectivity index (χ4n) is 0.725. The van der Waals surface area contributed by atoms with Crippen LogP contribution in [0.3, 0.4) is 0 Å². The summed E-state index contributed by atoms with van der Waals surface area (Å²) in [6.07, 6.45) is -0.620. The zero-order valence-corrected chi connectivity index (χ0v) is 6.57. The van der Waals surface area contributed by atoms with Gasteiger partial charge in [0, 0.05) is 0 Å². The zero-order chi connectivity index (χ0) is 8.43. The Hall–Kier alpha value is -0.940. The second-order valence-corrected chi connectivity index (χ2v) is 2.55. The Labute approximate surface area is 64.6 Å². The molecule has 0 unspecified atom stereocenters. The van der Waals surface area contributed by atoms with Crippen molar-refractivity contribution in [3.05, 3.63) is 11.6 Å². The minimum Gasteiger partial charge on any atom is -0.391 e. The molecule has 0 aromatic carbocycles. The quantitative estimate of drug-likeness (QED) is 0.538. The molecule has 0 aliphatic rings. The van der Waals surface area contributed by atoms with Gasteiger partial charge in [-0.3, -0.25) is 5.10 Å². The average Bonchev–Trinajstić information content (AvgIpc) is 2.34. The molecule has 0 aliphatic carbocycles. The van der Waals surface area contributed by atoms with E-state index in [0.717, 1.165) is 0 Å². The molecule has 1 heterocycles. The highest BCUT2D eigenvalue weighted by Crippen LogP contribution is 2.07. The van der Waals surface area contributed by atoms with Crippen LogP contribution >= 0.6 is 0 Å². The molecule has 4 N–H and O–H groups in total. The van der Waals surface area contributed by atoms with Crippen molar-refractivity contribution in [1.29, 1.82) is 0 Å². The number of rotatable bonds is 2. The predicted molar refractivity (Wildman–Crippen MR) is 39.7 cm³/mol. The molecular formula is C6H12N4O. The van der Waals surface area contributed by atoms with Crippen molar-refractivity contribution in [3.8, 4) is 0 Å². The van der Waals surface area contributed by atoms with Crippen LogP contribution in [0.15, 0.2) is 0 Å². The fraction of sp³-hybridized carbons (Fsp3) is 0.667. The molecule has 1 rings (SSSR count). The smallest absolute Gasteiger partial charge is 0.169 e. The van der Waals surface area contributed by atoms with Gasteiger partial charge in [0.25, 0.3) is 0 Å². The fourth-order valence-corrected chi connectivity index (χ4v) is 0.725. The van der Waals surface area contributed by atoms with Crippen molar-refractivity contribution in [2.45, 2.75) is 26.0 Å². The highest BCUT2D eigenvalue weighted by molar-refractivity contribution is 4.95. The number of aromatic nitrogens is 3. The standard InChI is InChI=1S/C6H12N4O/c1-3(11)5(7)6-8-4(2)9-10-6/h3,5,11H,7H2,1-2H3,(H,8,9,10)/t3-,5+/m1/s1.